The molecular formula is C11H12N4O. The minimum Gasteiger partial charge on any atom is -0.319 e. The van der Waals surface area contributed by atoms with Crippen molar-refractivity contribution in [3.63, 3.8) is 0 Å². The fourth-order valence-corrected chi connectivity index (χ4v) is 1.55. The number of aryl methyl sites for hydroxylation is 2. The summed E-state index contributed by atoms with van der Waals surface area (Å²) >= 11 is 0. The standard InChI is InChI=1S/C11H12N4O/c1-7-3-8(2)5-9(4-7)14-11(16)10-12-6-13-15-10/h3-6H,1-2H3,(H,14,16)(H,12,13,15). The molecule has 2 N–H and O–H groups in total. The maximum atomic E-state index is 11.7. The number of carbonyl (C=O) groups is 1. The van der Waals surface area contributed by atoms with Crippen LogP contribution in [0.15, 0.2) is 24.5 Å². The topological polar surface area (TPSA) is 70.7 Å². The lowest BCUT2D eigenvalue weighted by atomic mass is 10.1. The molecule has 0 atom stereocenters. The van der Waals surface area contributed by atoms with Gasteiger partial charge in [0.25, 0.3) is 5.91 Å². The molecule has 0 saturated heterocycles. The molecule has 0 fully saturated rings. The molecule has 2 aromatic rings. The summed E-state index contributed by atoms with van der Waals surface area (Å²) in [5.41, 5.74) is 2.97. The van der Waals surface area contributed by atoms with E-state index in [2.05, 4.69) is 20.5 Å². The molecule has 0 bridgehead atoms. The van der Waals surface area contributed by atoms with E-state index in [0.717, 1.165) is 16.8 Å². The highest BCUT2D eigenvalue weighted by Gasteiger charge is 2.08. The molecule has 5 heteroatoms. The monoisotopic (exact) mass is 216 g/mol. The maximum absolute atomic E-state index is 11.7. The summed E-state index contributed by atoms with van der Waals surface area (Å²) in [5, 5.41) is 8.89. The lowest BCUT2D eigenvalue weighted by Gasteiger charge is -2.05. The van der Waals surface area contributed by atoms with Gasteiger partial charge in [-0.3, -0.25) is 9.89 Å². The molecule has 0 aliphatic carbocycles. The Morgan fingerprint density at radius 3 is 2.50 bits per heavy atom. The zero-order valence-electron chi connectivity index (χ0n) is 9.11. The molecule has 1 amide bonds. The fraction of sp³-hybridized carbons (Fsp3) is 0.182. The number of H-pyrrole nitrogens is 1. The zero-order chi connectivity index (χ0) is 11.5. The first-order valence-electron chi connectivity index (χ1n) is 4.90. The van der Waals surface area contributed by atoms with Gasteiger partial charge in [0.05, 0.1) is 0 Å². The van der Waals surface area contributed by atoms with Gasteiger partial charge in [0.1, 0.15) is 6.33 Å². The molecule has 0 aliphatic rings. The molecule has 16 heavy (non-hydrogen) atoms. The van der Waals surface area contributed by atoms with Crippen LogP contribution in [0.4, 0.5) is 5.69 Å². The van der Waals surface area contributed by atoms with Crippen LogP contribution in [-0.4, -0.2) is 21.1 Å². The van der Waals surface area contributed by atoms with Crippen LogP contribution in [-0.2, 0) is 0 Å². The minimum atomic E-state index is -0.289. The molecule has 1 aromatic carbocycles. The SMILES string of the molecule is Cc1cc(C)cc(NC(=O)c2ncn[nH]2)c1. The van der Waals surface area contributed by atoms with Crippen LogP contribution in [0.25, 0.3) is 0 Å². The third-order valence-corrected chi connectivity index (χ3v) is 2.11. The van der Waals surface area contributed by atoms with Gasteiger partial charge in [-0.2, -0.15) is 5.10 Å². The lowest BCUT2D eigenvalue weighted by Crippen LogP contribution is -2.13. The Hall–Kier alpha value is -2.17. The summed E-state index contributed by atoms with van der Waals surface area (Å²) in [5.74, 6) is -0.0818. The second-order valence-electron chi connectivity index (χ2n) is 3.66. The van der Waals surface area contributed by atoms with Crippen LogP contribution >= 0.6 is 0 Å². The molecule has 0 saturated carbocycles. The van der Waals surface area contributed by atoms with Gasteiger partial charge in [-0.25, -0.2) is 4.98 Å². The number of anilines is 1. The number of nitrogens with one attached hydrogen (secondary N) is 2. The largest absolute Gasteiger partial charge is 0.319 e. The van der Waals surface area contributed by atoms with Crippen LogP contribution in [0, 0.1) is 13.8 Å². The molecule has 0 spiro atoms. The van der Waals surface area contributed by atoms with Crippen molar-refractivity contribution in [3.8, 4) is 0 Å². The second kappa shape index (κ2) is 4.14. The van der Waals surface area contributed by atoms with E-state index in [9.17, 15) is 4.79 Å². The summed E-state index contributed by atoms with van der Waals surface area (Å²) in [6.45, 7) is 3.97. The summed E-state index contributed by atoms with van der Waals surface area (Å²) in [7, 11) is 0. The average Bonchev–Trinajstić information content (AvgIpc) is 2.68. The Morgan fingerprint density at radius 2 is 1.94 bits per heavy atom. The van der Waals surface area contributed by atoms with Crippen molar-refractivity contribution < 1.29 is 4.79 Å². The number of carbonyl (C=O) groups excluding carboxylic acids is 1. The van der Waals surface area contributed by atoms with Crippen LogP contribution in [0.5, 0.6) is 0 Å². The number of aromatic amines is 1. The van der Waals surface area contributed by atoms with Crippen LogP contribution in [0.3, 0.4) is 0 Å². The Bertz CT molecular complexity index is 484. The molecule has 1 aromatic heterocycles. The zero-order valence-corrected chi connectivity index (χ0v) is 9.11. The normalized spacial score (nSPS) is 10.1. The van der Waals surface area contributed by atoms with Crippen molar-refractivity contribution >= 4 is 11.6 Å². The van der Waals surface area contributed by atoms with Crippen LogP contribution < -0.4 is 5.32 Å². The van der Waals surface area contributed by atoms with Gasteiger partial charge in [0, 0.05) is 5.69 Å². The van der Waals surface area contributed by atoms with Crippen molar-refractivity contribution in [3.05, 3.63) is 41.5 Å². The fourth-order valence-electron chi connectivity index (χ4n) is 1.55. The summed E-state index contributed by atoms with van der Waals surface area (Å²) in [4.78, 5) is 15.4. The van der Waals surface area contributed by atoms with Crippen molar-refractivity contribution in [2.75, 3.05) is 5.32 Å². The van der Waals surface area contributed by atoms with E-state index in [0.29, 0.717) is 0 Å². The van der Waals surface area contributed by atoms with E-state index in [1.54, 1.807) is 0 Å². The first kappa shape index (κ1) is 10.4. The van der Waals surface area contributed by atoms with E-state index >= 15 is 0 Å². The Labute approximate surface area is 92.9 Å². The molecule has 5 nitrogen and oxygen atoms in total. The molecule has 0 aliphatic heterocycles. The first-order valence-corrected chi connectivity index (χ1v) is 4.90. The number of amides is 1. The van der Waals surface area contributed by atoms with E-state index in [-0.39, 0.29) is 11.7 Å². The van der Waals surface area contributed by atoms with Crippen molar-refractivity contribution in [1.82, 2.24) is 15.2 Å². The number of hydrogen-bond donors (Lipinski definition) is 2. The summed E-state index contributed by atoms with van der Waals surface area (Å²) < 4.78 is 0. The number of rotatable bonds is 2. The molecular weight excluding hydrogens is 204 g/mol. The van der Waals surface area contributed by atoms with Crippen LogP contribution in [0.2, 0.25) is 0 Å². The smallest absolute Gasteiger partial charge is 0.292 e. The van der Waals surface area contributed by atoms with E-state index in [1.807, 2.05) is 32.0 Å². The van der Waals surface area contributed by atoms with Gasteiger partial charge in [0.15, 0.2) is 0 Å². The second-order valence-corrected chi connectivity index (χ2v) is 3.66. The van der Waals surface area contributed by atoms with Gasteiger partial charge in [-0.05, 0) is 37.1 Å². The molecule has 0 radical (unpaired) electrons. The first-order chi connectivity index (χ1) is 7.65. The maximum Gasteiger partial charge on any atom is 0.292 e. The highest BCUT2D eigenvalue weighted by Crippen LogP contribution is 2.14. The van der Waals surface area contributed by atoms with Gasteiger partial charge in [0.2, 0.25) is 5.82 Å². The lowest BCUT2D eigenvalue weighted by molar-refractivity contribution is 0.101. The number of aromatic nitrogens is 3. The minimum absolute atomic E-state index is 0.208. The molecule has 82 valence electrons. The third-order valence-electron chi connectivity index (χ3n) is 2.11. The van der Waals surface area contributed by atoms with E-state index < -0.39 is 0 Å². The Kier molecular flexibility index (Phi) is 2.68. The predicted octanol–water partition coefficient (Wildman–Crippen LogP) is 1.67. The van der Waals surface area contributed by atoms with Gasteiger partial charge < -0.3 is 5.32 Å². The summed E-state index contributed by atoms with van der Waals surface area (Å²) in [6, 6.07) is 5.85. The number of hydrogen-bond acceptors (Lipinski definition) is 3. The highest BCUT2D eigenvalue weighted by atomic mass is 16.2. The number of benzene rings is 1. The van der Waals surface area contributed by atoms with Gasteiger partial charge in [-0.15, -0.1) is 0 Å². The quantitative estimate of drug-likeness (QED) is 0.802. The van der Waals surface area contributed by atoms with Crippen molar-refractivity contribution in [2.24, 2.45) is 0 Å². The highest BCUT2D eigenvalue weighted by molar-refractivity contribution is 6.01. The van der Waals surface area contributed by atoms with E-state index in [4.69, 9.17) is 0 Å². The molecule has 0 unspecified atom stereocenters. The third kappa shape index (κ3) is 2.25. The molecule has 2 rings (SSSR count). The van der Waals surface area contributed by atoms with Gasteiger partial charge >= 0.3 is 0 Å². The van der Waals surface area contributed by atoms with E-state index in [1.165, 1.54) is 6.33 Å². The predicted molar refractivity (Wildman–Crippen MR) is 60.3 cm³/mol. The average molecular weight is 216 g/mol. The van der Waals surface area contributed by atoms with Crippen LogP contribution in [0.1, 0.15) is 21.7 Å². The Morgan fingerprint density at radius 1 is 1.25 bits per heavy atom. The van der Waals surface area contributed by atoms with Crippen molar-refractivity contribution in [2.45, 2.75) is 13.8 Å². The van der Waals surface area contributed by atoms with Gasteiger partial charge in [-0.1, -0.05) is 6.07 Å². The summed E-state index contributed by atoms with van der Waals surface area (Å²) in [6.07, 6.45) is 1.30. The van der Waals surface area contributed by atoms with Crippen molar-refractivity contribution in [1.29, 1.82) is 0 Å². The molecule has 1 heterocycles. The number of nitrogens with zero attached hydrogens (tertiary/aromatic N) is 2. The Balaban J connectivity index is 2.18.